The molecule has 0 aliphatic carbocycles. The number of thioether (sulfide) groups is 1. The predicted molar refractivity (Wildman–Crippen MR) is 554 cm³/mol. The number of anilines is 5. The summed E-state index contributed by atoms with van der Waals surface area (Å²) in [5.74, 6) is 2.71. The van der Waals surface area contributed by atoms with Crippen LogP contribution in [0.25, 0.3) is 80.8 Å². The maximum absolute atomic E-state index is 13.7. The molecule has 6 N–H and O–H groups in total. The molecule has 0 fully saturated rings. The Kier molecular flexibility index (Phi) is 29.2. The zero-order valence-corrected chi connectivity index (χ0v) is 81.3. The number of aromatic amines is 5. The van der Waals surface area contributed by atoms with E-state index in [0.717, 1.165) is 162 Å². The van der Waals surface area contributed by atoms with Crippen LogP contribution in [0.15, 0.2) is 241 Å². The number of nitrogens with zero attached hydrogens (tertiary/aromatic N) is 15. The third-order valence-corrected chi connectivity index (χ3v) is 26.1. The van der Waals surface area contributed by atoms with Gasteiger partial charge in [0.2, 0.25) is 0 Å². The maximum Gasteiger partial charge on any atom is 0.349 e. The van der Waals surface area contributed by atoms with E-state index in [0.29, 0.717) is 89.5 Å². The Morgan fingerprint density at radius 2 is 0.736 bits per heavy atom. The summed E-state index contributed by atoms with van der Waals surface area (Å²) in [4.78, 5) is 158. The number of rotatable bonds is 21. The van der Waals surface area contributed by atoms with Crippen molar-refractivity contribution in [2.75, 3.05) is 41.0 Å². The highest BCUT2D eigenvalue weighted by molar-refractivity contribution is 7.99. The summed E-state index contributed by atoms with van der Waals surface area (Å²) in [5.41, 5.74) is 24.6. The highest BCUT2D eigenvalue weighted by Gasteiger charge is 2.29. The van der Waals surface area contributed by atoms with Gasteiger partial charge in [-0.2, -0.15) is 15.0 Å². The molecule has 2 aromatic heterocycles. The maximum atomic E-state index is 13.7. The molecule has 140 heavy (non-hydrogen) atoms. The van der Waals surface area contributed by atoms with Crippen LogP contribution in [0.1, 0.15) is 115 Å². The number of nitrogens with one attached hydrogen (secondary N) is 6. The average Bonchev–Trinajstić information content (AvgIpc) is 0.771. The molecule has 31 heteroatoms. The van der Waals surface area contributed by atoms with Gasteiger partial charge in [0.1, 0.15) is 16.8 Å². The monoisotopic (exact) mass is 1890 g/mol. The second-order valence-corrected chi connectivity index (χ2v) is 36.8. The Morgan fingerprint density at radius 1 is 0.343 bits per heavy atom. The average molecular weight is 1890 g/mol. The smallest absolute Gasteiger partial charge is 0.349 e. The molecule has 8 aliphatic rings. The fourth-order valence-corrected chi connectivity index (χ4v) is 18.3. The Labute approximate surface area is 808 Å². The van der Waals surface area contributed by atoms with Crippen LogP contribution in [0.2, 0.25) is 0 Å². The van der Waals surface area contributed by atoms with Gasteiger partial charge in [0, 0.05) is 56.1 Å². The molecule has 0 saturated carbocycles. The first-order valence-corrected chi connectivity index (χ1v) is 47.4. The van der Waals surface area contributed by atoms with E-state index in [1.165, 1.54) is 50.4 Å². The van der Waals surface area contributed by atoms with Crippen molar-refractivity contribution in [1.29, 1.82) is 0 Å². The number of hydrogen-bond acceptors (Lipinski definition) is 22. The molecule has 0 unspecified atom stereocenters. The van der Waals surface area contributed by atoms with E-state index in [1.807, 2.05) is 143 Å². The van der Waals surface area contributed by atoms with Gasteiger partial charge in [0.25, 0.3) is 27.8 Å². The van der Waals surface area contributed by atoms with Gasteiger partial charge < -0.3 is 38.8 Å². The van der Waals surface area contributed by atoms with E-state index in [1.54, 1.807) is 11.8 Å². The summed E-state index contributed by atoms with van der Waals surface area (Å²) in [7, 11) is 1.90. The lowest BCUT2D eigenvalue weighted by atomic mass is 10.1. The van der Waals surface area contributed by atoms with E-state index in [9.17, 15) is 42.7 Å². The lowest BCUT2D eigenvalue weighted by molar-refractivity contribution is 0.617. The van der Waals surface area contributed by atoms with Gasteiger partial charge in [-0.3, -0.25) is 38.9 Å². The van der Waals surface area contributed by atoms with Crippen LogP contribution in [-0.4, -0.2) is 104 Å². The molecule has 10 aromatic carbocycles. The van der Waals surface area contributed by atoms with E-state index in [-0.39, 0.29) is 39.8 Å². The third-order valence-electron chi connectivity index (χ3n) is 25.1. The summed E-state index contributed by atoms with van der Waals surface area (Å²) < 4.78 is 19.4. The quantitative estimate of drug-likeness (QED) is 0.0287. The zero-order chi connectivity index (χ0) is 99.0. The molecule has 12 aromatic rings. The zero-order valence-electron chi connectivity index (χ0n) is 80.5. The van der Waals surface area contributed by atoms with Crippen LogP contribution >= 0.6 is 11.8 Å². The Bertz CT molecular complexity index is 8470. The topological polar surface area (TPSA) is 377 Å². The third kappa shape index (κ3) is 22.1. The molecule has 0 saturated heterocycles. The molecule has 0 bridgehead atoms. The van der Waals surface area contributed by atoms with Gasteiger partial charge >= 0.3 is 17.1 Å². The molecule has 0 atom stereocenters. The lowest BCUT2D eigenvalue weighted by Crippen LogP contribution is -2.43. The SMILES string of the molecule is C=c1nc2c(c(=O)[nH]1)=Nc1cc(C)c(C)cc1N2CCSc1ccccc1.C=c1nc2c(c(=O)[nH]1)=Nc1cc(C)c(NC)cc1N2CCCc1ccccc1.Cc1cc(F)cc(CCCn2c3nc(=O)[nH]c(=O)c-3nc3cc(C)c(C)cc32)c1.Cc1ccc(CCCn2c3nc(=O)[nH]c(=O)c-3nc3cc(C)c(C)cc32)cc1.Cc1cccc(CCCn2c3nc(=O)[nH]c(=O)c-3nc3cc(C)c(C)cc32)c1. The van der Waals surface area contributed by atoms with Crippen molar-refractivity contribution in [2.24, 2.45) is 9.98 Å². The van der Waals surface area contributed by atoms with Gasteiger partial charge in [-0.25, -0.2) is 53.7 Å². The van der Waals surface area contributed by atoms with Gasteiger partial charge in [0.05, 0.1) is 55.8 Å². The van der Waals surface area contributed by atoms with Gasteiger partial charge in [-0.1, -0.05) is 127 Å². The Hall–Kier alpha value is -16.2. The Morgan fingerprint density at radius 3 is 1.20 bits per heavy atom. The second kappa shape index (κ2) is 42.2. The van der Waals surface area contributed by atoms with E-state index < -0.39 is 33.7 Å². The molecule has 20 rings (SSSR count). The lowest BCUT2D eigenvalue weighted by Gasteiger charge is -2.29. The summed E-state index contributed by atoms with van der Waals surface area (Å²) in [6.45, 7) is 35.1. The van der Waals surface area contributed by atoms with Crippen molar-refractivity contribution in [1.82, 2.24) is 78.5 Å². The van der Waals surface area contributed by atoms with Gasteiger partial charge in [-0.05, 0) is 297 Å². The van der Waals surface area contributed by atoms with Crippen molar-refractivity contribution in [2.45, 2.75) is 159 Å². The van der Waals surface area contributed by atoms with Crippen molar-refractivity contribution >= 4 is 98.1 Å². The van der Waals surface area contributed by atoms with Crippen LogP contribution in [0, 0.1) is 88.9 Å². The van der Waals surface area contributed by atoms with E-state index in [2.05, 4.69) is 240 Å². The molecule has 710 valence electrons. The minimum atomic E-state index is -0.693. The molecular weight excluding hydrogens is 1780 g/mol. The van der Waals surface area contributed by atoms with Gasteiger partial charge in [0.15, 0.2) is 56.9 Å². The first-order valence-electron chi connectivity index (χ1n) is 46.4. The number of aromatic nitrogens is 16. The molecule has 0 radical (unpaired) electrons. The van der Waals surface area contributed by atoms with E-state index >= 15 is 0 Å². The van der Waals surface area contributed by atoms with Crippen LogP contribution < -0.4 is 81.7 Å². The van der Waals surface area contributed by atoms with Gasteiger partial charge in [-0.15, -0.1) is 11.8 Å². The molecule has 8 aliphatic heterocycles. The standard InChI is InChI=1S/C22H21FN4O2.C22H23N5O.2C22H22N4O2.C21H20N4OS/c1-12-7-15(11-16(23)8-12)5-4-6-27-18-10-14(3)13(2)9-17(18)24-19-20(27)25-22(29)26-21(19)28;1-14-12-18-19(13-17(14)23-3)27(11-7-10-16-8-5-4-6-9-16)21-20(26-18)22(28)25-15(2)24-21;1-13-6-4-7-16(10-13)8-5-9-26-18-12-15(3)14(2)11-17(18)23-19-20(26)24-22(28)25-21(19)27;1-13-6-8-16(9-7-13)5-4-10-26-18-12-15(3)14(2)11-17(18)23-19-20(26)24-22(28)25-21(19)27;1-13-11-17-18(12-14(13)2)25(9-10-27-16-7-5-4-6-8-16)20-19(24-17)21(26)23-15(3)22-20/h7-11H,4-6H2,1-3H3,(H,26,28,29);4-6,8-9,12-13,23H,2,7,10-11H2,1,3H3,(H,25,28);4,6-7,10-12H,5,8-9H2,1-3H3,(H,25,27,28);6-9,11-12H,4-5,10H2,1-3H3,(H,25,27,28);4-8,11-12H,3,9-10H2,1-2H3,(H,23,26). The number of fused-ring (bicyclic) bond motifs is 10. The molecule has 29 nitrogen and oxygen atoms in total. The molecule has 0 spiro atoms. The minimum absolute atomic E-state index is 0.141. The number of halogens is 1. The van der Waals surface area contributed by atoms with Crippen LogP contribution in [0.5, 0.6) is 0 Å². The normalized spacial score (nSPS) is 11.7. The summed E-state index contributed by atoms with van der Waals surface area (Å²) in [5, 5.41) is 3.92. The highest BCUT2D eigenvalue weighted by Crippen LogP contribution is 2.41. The first-order chi connectivity index (χ1) is 67.2. The predicted octanol–water partition coefficient (Wildman–Crippen LogP) is 15.1. The van der Waals surface area contributed by atoms with Crippen LogP contribution in [-0.2, 0) is 45.3 Å². The molecular formula is C109H108FN21O8S. The van der Waals surface area contributed by atoms with Crippen molar-refractivity contribution in [3.05, 3.63) is 388 Å². The van der Waals surface area contributed by atoms with Crippen LogP contribution in [0.3, 0.4) is 0 Å². The summed E-state index contributed by atoms with van der Waals surface area (Å²) in [6, 6.07) is 62.8. The molecule has 0 amide bonds. The van der Waals surface area contributed by atoms with Crippen LogP contribution in [0.4, 0.5) is 44.5 Å². The minimum Gasteiger partial charge on any atom is -0.388 e. The fourth-order valence-electron chi connectivity index (χ4n) is 17.4. The van der Waals surface area contributed by atoms with Crippen molar-refractivity contribution in [3.8, 4) is 34.6 Å². The van der Waals surface area contributed by atoms with Crippen molar-refractivity contribution in [3.63, 3.8) is 0 Å². The Balaban J connectivity index is 0.000000126. The van der Waals surface area contributed by atoms with E-state index in [4.69, 9.17) is 0 Å². The summed E-state index contributed by atoms with van der Waals surface area (Å²) >= 11 is 1.78. The largest absolute Gasteiger partial charge is 0.388 e. The number of hydrogen-bond donors (Lipinski definition) is 6. The number of benzene rings is 10. The first kappa shape index (κ1) is 96.9. The summed E-state index contributed by atoms with van der Waals surface area (Å²) in [6.07, 6.45) is 6.74. The molecule has 10 heterocycles. The fraction of sp³-hybridized carbons (Fsp3) is 0.248. The second-order valence-electron chi connectivity index (χ2n) is 35.6. The number of aryl methyl sites for hydroxylation is 19. The highest BCUT2D eigenvalue weighted by atomic mass is 32.2. The van der Waals surface area contributed by atoms with Crippen molar-refractivity contribution < 1.29 is 4.39 Å². The number of H-pyrrole nitrogens is 5.